The molecular weight excluding hydrogens is 376 g/mol. The Morgan fingerprint density at radius 3 is 2.57 bits per heavy atom. The first-order chi connectivity index (χ1) is 14.5. The molecule has 0 radical (unpaired) electrons. The number of aryl methyl sites for hydroxylation is 1. The fourth-order valence-electron chi connectivity index (χ4n) is 3.84. The Bertz CT molecular complexity index is 1070. The molecule has 5 nitrogen and oxygen atoms in total. The zero-order valence-corrected chi connectivity index (χ0v) is 17.4. The van der Waals surface area contributed by atoms with E-state index in [0.29, 0.717) is 26.0 Å². The average molecular weight is 402 g/mol. The highest BCUT2D eigenvalue weighted by Gasteiger charge is 2.29. The van der Waals surface area contributed by atoms with Gasteiger partial charge in [-0.2, -0.15) is 0 Å². The van der Waals surface area contributed by atoms with Gasteiger partial charge in [-0.05, 0) is 49.9 Å². The number of ether oxygens (including phenoxy) is 1. The van der Waals surface area contributed by atoms with Crippen molar-refractivity contribution in [3.8, 4) is 5.75 Å². The van der Waals surface area contributed by atoms with Gasteiger partial charge in [-0.25, -0.2) is 0 Å². The van der Waals surface area contributed by atoms with Crippen LogP contribution in [0.5, 0.6) is 5.75 Å². The summed E-state index contributed by atoms with van der Waals surface area (Å²) in [5.74, 6) is 0.780. The van der Waals surface area contributed by atoms with Crippen molar-refractivity contribution in [3.05, 3.63) is 71.8 Å². The largest absolute Gasteiger partial charge is 0.491 e. The molecule has 0 spiro atoms. The van der Waals surface area contributed by atoms with Crippen LogP contribution in [0, 0.1) is 6.92 Å². The highest BCUT2D eigenvalue weighted by molar-refractivity contribution is 6.25. The van der Waals surface area contributed by atoms with Crippen LogP contribution in [0.15, 0.2) is 60.7 Å². The maximum absolute atomic E-state index is 12.8. The summed E-state index contributed by atoms with van der Waals surface area (Å²) in [7, 11) is 0. The Morgan fingerprint density at radius 2 is 1.80 bits per heavy atom. The number of hydrogen-bond acceptors (Lipinski definition) is 3. The molecule has 4 rings (SSSR count). The van der Waals surface area contributed by atoms with Crippen LogP contribution in [0.1, 0.15) is 35.7 Å². The van der Waals surface area contributed by atoms with Gasteiger partial charge in [0.25, 0.3) is 5.91 Å². The molecule has 1 unspecified atom stereocenters. The second-order valence-corrected chi connectivity index (χ2v) is 7.83. The Kier molecular flexibility index (Phi) is 5.70. The van der Waals surface area contributed by atoms with Gasteiger partial charge in [0.2, 0.25) is 5.91 Å². The number of carbonyl (C=O) groups is 2. The van der Waals surface area contributed by atoms with Gasteiger partial charge >= 0.3 is 0 Å². The normalized spacial score (nSPS) is 13.5. The van der Waals surface area contributed by atoms with Crippen LogP contribution in [0.2, 0.25) is 0 Å². The van der Waals surface area contributed by atoms with Crippen LogP contribution in [-0.4, -0.2) is 31.0 Å². The Hall–Kier alpha value is -3.34. The van der Waals surface area contributed by atoms with Gasteiger partial charge in [0.1, 0.15) is 12.4 Å². The molecule has 3 aromatic carbocycles. The SMILES string of the molecule is Cc1ccc(OCC(C)NC(=O)CCCN2C(=O)c3cccc4cccc2c34)cc1. The van der Waals surface area contributed by atoms with E-state index in [9.17, 15) is 9.59 Å². The summed E-state index contributed by atoms with van der Waals surface area (Å²) >= 11 is 0. The van der Waals surface area contributed by atoms with E-state index >= 15 is 0 Å². The second-order valence-electron chi connectivity index (χ2n) is 7.83. The summed E-state index contributed by atoms with van der Waals surface area (Å²) in [5.41, 5.74) is 2.86. The van der Waals surface area contributed by atoms with Gasteiger partial charge in [0.05, 0.1) is 11.7 Å². The lowest BCUT2D eigenvalue weighted by Gasteiger charge is -2.18. The van der Waals surface area contributed by atoms with Crippen molar-refractivity contribution in [2.24, 2.45) is 0 Å². The minimum atomic E-state index is -0.0924. The highest BCUT2D eigenvalue weighted by atomic mass is 16.5. The standard InChI is InChI=1S/C25H26N2O3/c1-17-11-13-20(14-12-17)30-16-18(2)26-23(28)10-5-15-27-22-9-4-7-19-6-3-8-21(24(19)22)25(27)29/h3-4,6-9,11-14,18H,5,10,15-16H2,1-2H3,(H,26,28). The number of anilines is 1. The molecule has 1 aliphatic rings. The molecule has 0 bridgehead atoms. The molecule has 0 aromatic heterocycles. The first-order valence-corrected chi connectivity index (χ1v) is 10.4. The predicted octanol–water partition coefficient (Wildman–Crippen LogP) is 4.47. The van der Waals surface area contributed by atoms with E-state index in [-0.39, 0.29) is 17.9 Å². The number of hydrogen-bond donors (Lipinski definition) is 1. The van der Waals surface area contributed by atoms with Gasteiger partial charge in [-0.3, -0.25) is 9.59 Å². The summed E-state index contributed by atoms with van der Waals surface area (Å²) in [6.45, 7) is 4.89. The number of nitrogens with one attached hydrogen (secondary N) is 1. The lowest BCUT2D eigenvalue weighted by Crippen LogP contribution is -2.37. The summed E-state index contributed by atoms with van der Waals surface area (Å²) in [6.07, 6.45) is 0.971. The zero-order chi connectivity index (χ0) is 21.1. The summed E-state index contributed by atoms with van der Waals surface area (Å²) in [4.78, 5) is 26.9. The molecule has 0 fully saturated rings. The van der Waals surface area contributed by atoms with Gasteiger partial charge < -0.3 is 15.0 Å². The third kappa shape index (κ3) is 4.15. The van der Waals surface area contributed by atoms with Gasteiger partial charge in [0.15, 0.2) is 0 Å². The lowest BCUT2D eigenvalue weighted by molar-refractivity contribution is -0.121. The van der Waals surface area contributed by atoms with Crippen LogP contribution in [-0.2, 0) is 4.79 Å². The number of carbonyl (C=O) groups excluding carboxylic acids is 2. The summed E-state index contributed by atoms with van der Waals surface area (Å²) in [5, 5.41) is 5.05. The third-order valence-electron chi connectivity index (χ3n) is 5.36. The molecular formula is C25H26N2O3. The molecule has 0 saturated carbocycles. The molecule has 1 heterocycles. The minimum Gasteiger partial charge on any atom is -0.491 e. The molecule has 1 aliphatic heterocycles. The topological polar surface area (TPSA) is 58.6 Å². The molecule has 0 saturated heterocycles. The number of nitrogens with zero attached hydrogens (tertiary/aromatic N) is 1. The molecule has 5 heteroatoms. The molecule has 30 heavy (non-hydrogen) atoms. The molecule has 3 aromatic rings. The average Bonchev–Trinajstić information content (AvgIpc) is 3.01. The number of amides is 2. The Balaban J connectivity index is 1.25. The fourth-order valence-corrected chi connectivity index (χ4v) is 3.84. The van der Waals surface area contributed by atoms with E-state index in [4.69, 9.17) is 4.74 Å². The maximum atomic E-state index is 12.8. The Morgan fingerprint density at radius 1 is 1.07 bits per heavy atom. The summed E-state index contributed by atoms with van der Waals surface area (Å²) in [6, 6.07) is 19.5. The van der Waals surface area contributed by atoms with Crippen molar-refractivity contribution in [1.29, 1.82) is 0 Å². The minimum absolute atomic E-state index is 0.0158. The molecule has 154 valence electrons. The van der Waals surface area contributed by atoms with Gasteiger partial charge in [0, 0.05) is 23.9 Å². The van der Waals surface area contributed by atoms with Crippen molar-refractivity contribution in [3.63, 3.8) is 0 Å². The first-order valence-electron chi connectivity index (χ1n) is 10.4. The molecule has 0 aliphatic carbocycles. The van der Waals surface area contributed by atoms with E-state index in [1.807, 2.05) is 74.5 Å². The van der Waals surface area contributed by atoms with Crippen LogP contribution < -0.4 is 15.0 Å². The third-order valence-corrected chi connectivity index (χ3v) is 5.36. The first kappa shape index (κ1) is 20.0. The van der Waals surface area contributed by atoms with Gasteiger partial charge in [-0.1, -0.05) is 42.0 Å². The summed E-state index contributed by atoms with van der Waals surface area (Å²) < 4.78 is 5.72. The van der Waals surface area contributed by atoms with Crippen LogP contribution >= 0.6 is 0 Å². The fraction of sp³-hybridized carbons (Fsp3) is 0.280. The molecule has 1 N–H and O–H groups in total. The van der Waals surface area contributed by atoms with Crippen molar-refractivity contribution in [1.82, 2.24) is 5.32 Å². The van der Waals surface area contributed by atoms with Crippen LogP contribution in [0.25, 0.3) is 10.8 Å². The van der Waals surface area contributed by atoms with Crippen LogP contribution in [0.3, 0.4) is 0 Å². The maximum Gasteiger partial charge on any atom is 0.258 e. The highest BCUT2D eigenvalue weighted by Crippen LogP contribution is 2.37. The van der Waals surface area contributed by atoms with Crippen LogP contribution in [0.4, 0.5) is 5.69 Å². The smallest absolute Gasteiger partial charge is 0.258 e. The quantitative estimate of drug-likeness (QED) is 0.605. The zero-order valence-electron chi connectivity index (χ0n) is 17.4. The monoisotopic (exact) mass is 402 g/mol. The number of rotatable bonds is 8. The van der Waals surface area contributed by atoms with Crippen molar-refractivity contribution in [2.45, 2.75) is 32.7 Å². The van der Waals surface area contributed by atoms with Crippen molar-refractivity contribution >= 4 is 28.3 Å². The van der Waals surface area contributed by atoms with E-state index in [0.717, 1.165) is 27.8 Å². The van der Waals surface area contributed by atoms with E-state index < -0.39 is 0 Å². The Labute approximate surface area is 176 Å². The van der Waals surface area contributed by atoms with Crippen molar-refractivity contribution in [2.75, 3.05) is 18.1 Å². The van der Waals surface area contributed by atoms with E-state index in [1.165, 1.54) is 5.56 Å². The van der Waals surface area contributed by atoms with Crippen molar-refractivity contribution < 1.29 is 14.3 Å². The van der Waals surface area contributed by atoms with E-state index in [1.54, 1.807) is 4.90 Å². The van der Waals surface area contributed by atoms with Gasteiger partial charge in [-0.15, -0.1) is 0 Å². The molecule has 2 amide bonds. The lowest BCUT2D eigenvalue weighted by atomic mass is 10.1. The molecule has 1 atom stereocenters. The van der Waals surface area contributed by atoms with E-state index in [2.05, 4.69) is 5.32 Å². The number of benzene rings is 3. The predicted molar refractivity (Wildman–Crippen MR) is 119 cm³/mol. The second kappa shape index (κ2) is 8.57.